The number of hydrogen-bond acceptors (Lipinski definition) is 2. The normalized spacial score (nSPS) is 12.3. The molecule has 3 heteroatoms. The zero-order chi connectivity index (χ0) is 8.91. The van der Waals surface area contributed by atoms with Gasteiger partial charge in [0, 0.05) is 12.7 Å². The minimum absolute atomic E-state index is 0.399. The monoisotopic (exact) mass is 157 g/mol. The van der Waals surface area contributed by atoms with Gasteiger partial charge in [0.15, 0.2) is 0 Å². The van der Waals surface area contributed by atoms with Gasteiger partial charge in [-0.3, -0.25) is 4.79 Å². The van der Waals surface area contributed by atoms with Crippen molar-refractivity contribution < 1.29 is 9.53 Å². The summed E-state index contributed by atoms with van der Waals surface area (Å²) in [6.45, 7) is 6.27. The summed E-state index contributed by atoms with van der Waals surface area (Å²) in [7, 11) is 0. The summed E-state index contributed by atoms with van der Waals surface area (Å²) in [5, 5.41) is 0. The van der Waals surface area contributed by atoms with Gasteiger partial charge in [-0.15, -0.1) is 0 Å². The molecule has 0 radical (unpaired) electrons. The van der Waals surface area contributed by atoms with Crippen LogP contribution in [0.4, 0.5) is 0 Å². The van der Waals surface area contributed by atoms with Gasteiger partial charge in [0.2, 0.25) is 5.91 Å². The Labute approximate surface area is 67.2 Å². The molecule has 0 aromatic carbocycles. The maximum atomic E-state index is 10.3. The van der Waals surface area contributed by atoms with Crippen LogP contribution in [0.3, 0.4) is 0 Å². The van der Waals surface area contributed by atoms with E-state index in [1.54, 1.807) is 6.08 Å². The molecule has 64 valence electrons. The van der Waals surface area contributed by atoms with E-state index in [1.807, 2.05) is 20.8 Å². The minimum atomic E-state index is -0.447. The lowest BCUT2D eigenvalue weighted by atomic mass is 10.1. The zero-order valence-corrected chi connectivity index (χ0v) is 7.26. The summed E-state index contributed by atoms with van der Waals surface area (Å²) in [5.74, 6) is -0.447. The van der Waals surface area contributed by atoms with Crippen LogP contribution in [0.5, 0.6) is 0 Å². The maximum absolute atomic E-state index is 10.3. The number of primary amides is 1. The van der Waals surface area contributed by atoms with E-state index in [0.717, 1.165) is 0 Å². The molecule has 0 aromatic heterocycles. The summed E-state index contributed by atoms with van der Waals surface area (Å²) in [4.78, 5) is 10.3. The SMILES string of the molecule is CCOC(C)(C)/C=C/C(N)=O. The number of ether oxygens (including phenoxy) is 1. The summed E-state index contributed by atoms with van der Waals surface area (Å²) in [5.41, 5.74) is 4.52. The molecule has 0 saturated heterocycles. The molecule has 0 spiro atoms. The Balaban J connectivity index is 3.99. The van der Waals surface area contributed by atoms with Crippen LogP contribution in [0.15, 0.2) is 12.2 Å². The van der Waals surface area contributed by atoms with Gasteiger partial charge >= 0.3 is 0 Å². The number of amides is 1. The van der Waals surface area contributed by atoms with E-state index in [0.29, 0.717) is 6.61 Å². The van der Waals surface area contributed by atoms with Crippen LogP contribution in [-0.2, 0) is 9.53 Å². The highest BCUT2D eigenvalue weighted by molar-refractivity contribution is 5.85. The molecule has 2 N–H and O–H groups in total. The fourth-order valence-electron chi connectivity index (χ4n) is 0.703. The molecule has 0 unspecified atom stereocenters. The highest BCUT2D eigenvalue weighted by atomic mass is 16.5. The van der Waals surface area contributed by atoms with E-state index < -0.39 is 11.5 Å². The van der Waals surface area contributed by atoms with Gasteiger partial charge in [-0.25, -0.2) is 0 Å². The third-order valence-electron chi connectivity index (χ3n) is 1.17. The van der Waals surface area contributed by atoms with E-state index in [4.69, 9.17) is 10.5 Å². The van der Waals surface area contributed by atoms with E-state index in [9.17, 15) is 4.79 Å². The number of nitrogens with two attached hydrogens (primary N) is 1. The Morgan fingerprint density at radius 2 is 2.18 bits per heavy atom. The maximum Gasteiger partial charge on any atom is 0.241 e. The molecule has 0 aliphatic rings. The number of hydrogen-bond donors (Lipinski definition) is 1. The molecule has 0 aliphatic carbocycles. The van der Waals surface area contributed by atoms with E-state index in [2.05, 4.69) is 0 Å². The van der Waals surface area contributed by atoms with Crippen LogP contribution in [0.2, 0.25) is 0 Å². The highest BCUT2D eigenvalue weighted by Crippen LogP contribution is 2.09. The summed E-state index contributed by atoms with van der Waals surface area (Å²) < 4.78 is 5.29. The van der Waals surface area contributed by atoms with Crippen molar-refractivity contribution in [2.45, 2.75) is 26.4 Å². The molecule has 1 amide bonds. The van der Waals surface area contributed by atoms with Gasteiger partial charge in [0.25, 0.3) is 0 Å². The molecule has 0 aromatic rings. The van der Waals surface area contributed by atoms with Gasteiger partial charge in [0.05, 0.1) is 5.60 Å². The average Bonchev–Trinajstić information content (AvgIpc) is 1.84. The van der Waals surface area contributed by atoms with Crippen molar-refractivity contribution >= 4 is 5.91 Å². The van der Waals surface area contributed by atoms with E-state index in [1.165, 1.54) is 6.08 Å². The van der Waals surface area contributed by atoms with E-state index >= 15 is 0 Å². The first-order valence-electron chi connectivity index (χ1n) is 3.60. The van der Waals surface area contributed by atoms with Gasteiger partial charge in [0.1, 0.15) is 0 Å². The topological polar surface area (TPSA) is 52.3 Å². The van der Waals surface area contributed by atoms with Crippen molar-refractivity contribution in [3.05, 3.63) is 12.2 Å². The summed E-state index contributed by atoms with van der Waals surface area (Å²) in [6, 6.07) is 0. The van der Waals surface area contributed by atoms with Gasteiger partial charge in [-0.2, -0.15) is 0 Å². The zero-order valence-electron chi connectivity index (χ0n) is 7.26. The molecule has 0 bridgehead atoms. The Hall–Kier alpha value is -0.830. The summed E-state index contributed by atoms with van der Waals surface area (Å²) >= 11 is 0. The highest BCUT2D eigenvalue weighted by Gasteiger charge is 2.12. The van der Waals surface area contributed by atoms with Crippen molar-refractivity contribution in [2.75, 3.05) is 6.61 Å². The van der Waals surface area contributed by atoms with Crippen LogP contribution in [0.25, 0.3) is 0 Å². The molecule has 0 fully saturated rings. The Bertz CT molecular complexity index is 161. The second kappa shape index (κ2) is 4.13. The van der Waals surface area contributed by atoms with Crippen LogP contribution in [0.1, 0.15) is 20.8 Å². The molecule has 0 aliphatic heterocycles. The average molecular weight is 157 g/mol. The molecule has 0 atom stereocenters. The fourth-order valence-corrected chi connectivity index (χ4v) is 0.703. The second-order valence-corrected chi connectivity index (χ2v) is 2.77. The Morgan fingerprint density at radius 3 is 2.55 bits per heavy atom. The minimum Gasteiger partial charge on any atom is -0.372 e. The van der Waals surface area contributed by atoms with Crippen molar-refractivity contribution in [2.24, 2.45) is 5.73 Å². The predicted molar refractivity (Wildman–Crippen MR) is 44.0 cm³/mol. The first kappa shape index (κ1) is 10.2. The number of carbonyl (C=O) groups is 1. The molecule has 0 saturated carbocycles. The van der Waals surface area contributed by atoms with Crippen LogP contribution in [-0.4, -0.2) is 18.1 Å². The molecule has 0 heterocycles. The fraction of sp³-hybridized carbons (Fsp3) is 0.625. The van der Waals surface area contributed by atoms with Crippen LogP contribution < -0.4 is 5.73 Å². The third kappa shape index (κ3) is 5.61. The van der Waals surface area contributed by atoms with Gasteiger partial charge in [-0.1, -0.05) is 0 Å². The molecular weight excluding hydrogens is 142 g/mol. The van der Waals surface area contributed by atoms with Gasteiger partial charge < -0.3 is 10.5 Å². The summed E-state index contributed by atoms with van der Waals surface area (Å²) in [6.07, 6.45) is 2.97. The lowest BCUT2D eigenvalue weighted by molar-refractivity contribution is -0.113. The van der Waals surface area contributed by atoms with Gasteiger partial charge in [-0.05, 0) is 26.8 Å². The number of carbonyl (C=O) groups excluding carboxylic acids is 1. The van der Waals surface area contributed by atoms with Crippen LogP contribution >= 0.6 is 0 Å². The first-order chi connectivity index (χ1) is 4.98. The Morgan fingerprint density at radius 1 is 1.64 bits per heavy atom. The second-order valence-electron chi connectivity index (χ2n) is 2.77. The van der Waals surface area contributed by atoms with Crippen molar-refractivity contribution in [3.8, 4) is 0 Å². The molecule has 3 nitrogen and oxygen atoms in total. The lowest BCUT2D eigenvalue weighted by Crippen LogP contribution is -2.22. The largest absolute Gasteiger partial charge is 0.372 e. The van der Waals surface area contributed by atoms with Crippen molar-refractivity contribution in [1.82, 2.24) is 0 Å². The first-order valence-corrected chi connectivity index (χ1v) is 3.60. The molecular formula is C8H15NO2. The smallest absolute Gasteiger partial charge is 0.241 e. The number of rotatable bonds is 4. The quantitative estimate of drug-likeness (QED) is 0.615. The van der Waals surface area contributed by atoms with E-state index in [-0.39, 0.29) is 0 Å². The van der Waals surface area contributed by atoms with Crippen molar-refractivity contribution in [1.29, 1.82) is 0 Å². The molecule has 0 rings (SSSR count). The third-order valence-corrected chi connectivity index (χ3v) is 1.17. The van der Waals surface area contributed by atoms with Crippen molar-refractivity contribution in [3.63, 3.8) is 0 Å². The standard InChI is InChI=1S/C8H15NO2/c1-4-11-8(2,3)6-5-7(9)10/h5-6H,4H2,1-3H3,(H2,9,10)/b6-5+. The Kier molecular flexibility index (Phi) is 3.82. The lowest BCUT2D eigenvalue weighted by Gasteiger charge is -2.19. The predicted octanol–water partition coefficient (Wildman–Crippen LogP) is 0.843. The van der Waals surface area contributed by atoms with Crippen LogP contribution in [0, 0.1) is 0 Å². The molecule has 11 heavy (non-hydrogen) atoms.